The molecule has 0 radical (unpaired) electrons. The first-order valence-corrected chi connectivity index (χ1v) is 16.0. The van der Waals surface area contributed by atoms with Gasteiger partial charge in [-0.25, -0.2) is 9.97 Å². The molecule has 43 heavy (non-hydrogen) atoms. The van der Waals surface area contributed by atoms with Gasteiger partial charge in [-0.15, -0.1) is 11.3 Å². The number of benzene rings is 1. The number of carbonyl (C=O) groups is 2. The smallest absolute Gasteiger partial charge is 0.223 e. The second kappa shape index (κ2) is 13.3. The summed E-state index contributed by atoms with van der Waals surface area (Å²) in [5, 5.41) is 8.28. The van der Waals surface area contributed by atoms with Gasteiger partial charge in [0.1, 0.15) is 0 Å². The lowest BCUT2D eigenvalue weighted by Gasteiger charge is -2.34. The van der Waals surface area contributed by atoms with E-state index in [4.69, 9.17) is 14.7 Å². The van der Waals surface area contributed by atoms with Crippen LogP contribution >= 0.6 is 11.3 Å². The maximum atomic E-state index is 12.8. The average Bonchev–Trinajstić information content (AvgIpc) is 3.67. The van der Waals surface area contributed by atoms with Gasteiger partial charge in [-0.3, -0.25) is 19.6 Å². The topological polar surface area (TPSA) is 108 Å². The molecule has 1 aromatic carbocycles. The Kier molecular flexibility index (Phi) is 9.11. The first-order chi connectivity index (χ1) is 20.9. The number of piperazine rings is 1. The molecule has 3 aromatic heterocycles. The molecule has 0 unspecified atom stereocenters. The SMILES string of the molecule is CC(C)CC=CC(=O)CCC(=O)N1CCN(Cc2cc3nc(-c4cccc5[nH]ncc45)nc(N4CCOCC4)c3s2)CC1. The van der Waals surface area contributed by atoms with E-state index in [1.165, 1.54) is 4.88 Å². The summed E-state index contributed by atoms with van der Waals surface area (Å²) in [5.41, 5.74) is 2.88. The molecule has 6 rings (SSSR count). The van der Waals surface area contributed by atoms with Crippen molar-refractivity contribution in [3.8, 4) is 11.4 Å². The minimum atomic E-state index is 0.0292. The minimum Gasteiger partial charge on any atom is -0.378 e. The highest BCUT2D eigenvalue weighted by atomic mass is 32.1. The Bertz CT molecular complexity index is 1610. The third kappa shape index (κ3) is 6.95. The number of anilines is 1. The van der Waals surface area contributed by atoms with E-state index in [-0.39, 0.29) is 24.5 Å². The van der Waals surface area contributed by atoms with E-state index in [1.54, 1.807) is 17.4 Å². The fourth-order valence-electron chi connectivity index (χ4n) is 5.63. The Morgan fingerprint density at radius 2 is 1.88 bits per heavy atom. The summed E-state index contributed by atoms with van der Waals surface area (Å²) in [4.78, 5) is 42.9. The molecule has 226 valence electrons. The molecule has 0 aliphatic carbocycles. The monoisotopic (exact) mass is 601 g/mol. The fourth-order valence-corrected chi connectivity index (χ4v) is 6.79. The van der Waals surface area contributed by atoms with Gasteiger partial charge < -0.3 is 14.5 Å². The Morgan fingerprint density at radius 3 is 2.67 bits per heavy atom. The van der Waals surface area contributed by atoms with Gasteiger partial charge >= 0.3 is 0 Å². The van der Waals surface area contributed by atoms with Crippen LogP contribution in [0.3, 0.4) is 0 Å². The van der Waals surface area contributed by atoms with Crippen molar-refractivity contribution in [2.24, 2.45) is 5.92 Å². The molecular weight excluding hydrogens is 562 g/mol. The number of allylic oxidation sites excluding steroid dienone is 2. The zero-order valence-electron chi connectivity index (χ0n) is 24.9. The van der Waals surface area contributed by atoms with Crippen molar-refractivity contribution in [1.29, 1.82) is 0 Å². The Balaban J connectivity index is 1.13. The maximum absolute atomic E-state index is 12.8. The Labute approximate surface area is 255 Å². The summed E-state index contributed by atoms with van der Waals surface area (Å²) in [5.74, 6) is 2.28. The zero-order chi connectivity index (χ0) is 29.8. The van der Waals surface area contributed by atoms with Gasteiger partial charge in [0.25, 0.3) is 0 Å². The lowest BCUT2D eigenvalue weighted by Crippen LogP contribution is -2.48. The molecule has 1 N–H and O–H groups in total. The quantitative estimate of drug-likeness (QED) is 0.262. The first kappa shape index (κ1) is 29.4. The number of H-pyrrole nitrogens is 1. The number of amides is 1. The molecule has 0 saturated carbocycles. The predicted octanol–water partition coefficient (Wildman–Crippen LogP) is 4.67. The molecule has 2 saturated heterocycles. The molecule has 0 spiro atoms. The maximum Gasteiger partial charge on any atom is 0.223 e. The number of hydrogen-bond donors (Lipinski definition) is 1. The van der Waals surface area contributed by atoms with Crippen LogP contribution in [0.25, 0.3) is 32.5 Å². The van der Waals surface area contributed by atoms with E-state index in [0.29, 0.717) is 38.0 Å². The third-order valence-corrected chi connectivity index (χ3v) is 9.15. The van der Waals surface area contributed by atoms with E-state index in [0.717, 1.165) is 71.6 Å². The number of morpholine rings is 1. The third-order valence-electron chi connectivity index (χ3n) is 8.04. The molecule has 10 nitrogen and oxygen atoms in total. The zero-order valence-corrected chi connectivity index (χ0v) is 25.7. The van der Waals surface area contributed by atoms with Gasteiger partial charge in [0.15, 0.2) is 17.4 Å². The van der Waals surface area contributed by atoms with Crippen molar-refractivity contribution in [3.05, 3.63) is 47.5 Å². The lowest BCUT2D eigenvalue weighted by molar-refractivity contribution is -0.134. The molecule has 1 amide bonds. The molecule has 11 heteroatoms. The molecule has 0 bridgehead atoms. The first-order valence-electron chi connectivity index (χ1n) is 15.2. The standard InChI is InChI=1S/C32H39N7O3S/c1-22(2)5-3-6-23(40)9-10-29(41)38-13-11-37(12-14-38)21-24-19-28-30(43-24)32(39-15-17-42-18-16-39)35-31(34-28)25-7-4-8-27-26(25)20-33-36-27/h3-4,6-8,19-20,22H,5,9-18,21H2,1-2H3,(H,33,36). The Hall–Kier alpha value is -3.67. The number of aromatic amines is 1. The Morgan fingerprint density at radius 1 is 1.07 bits per heavy atom. The molecule has 5 heterocycles. The van der Waals surface area contributed by atoms with Crippen LogP contribution in [-0.4, -0.2) is 94.1 Å². The van der Waals surface area contributed by atoms with E-state index in [9.17, 15) is 9.59 Å². The summed E-state index contributed by atoms with van der Waals surface area (Å²) in [6, 6.07) is 8.26. The van der Waals surface area contributed by atoms with Crippen molar-refractivity contribution in [1.82, 2.24) is 30.0 Å². The van der Waals surface area contributed by atoms with Gasteiger partial charge in [0, 0.05) is 74.5 Å². The summed E-state index contributed by atoms with van der Waals surface area (Å²) in [6.45, 7) is 11.0. The van der Waals surface area contributed by atoms with Gasteiger partial charge in [0.2, 0.25) is 5.91 Å². The van der Waals surface area contributed by atoms with Gasteiger partial charge in [0.05, 0.1) is 35.1 Å². The van der Waals surface area contributed by atoms with Crippen molar-refractivity contribution in [2.75, 3.05) is 57.4 Å². The van der Waals surface area contributed by atoms with Crippen molar-refractivity contribution < 1.29 is 14.3 Å². The second-order valence-corrected chi connectivity index (χ2v) is 12.8. The number of ketones is 1. The van der Waals surface area contributed by atoms with E-state index in [1.807, 2.05) is 29.3 Å². The van der Waals surface area contributed by atoms with Crippen molar-refractivity contribution in [3.63, 3.8) is 0 Å². The van der Waals surface area contributed by atoms with Crippen LogP contribution in [0.15, 0.2) is 42.6 Å². The second-order valence-electron chi connectivity index (χ2n) is 11.7. The largest absolute Gasteiger partial charge is 0.378 e. The van der Waals surface area contributed by atoms with E-state index < -0.39 is 0 Å². The van der Waals surface area contributed by atoms with E-state index in [2.05, 4.69) is 46.0 Å². The normalized spacial score (nSPS) is 16.7. The number of nitrogens with one attached hydrogen (secondary N) is 1. The van der Waals surface area contributed by atoms with Crippen LogP contribution in [0.2, 0.25) is 0 Å². The molecule has 2 aliphatic rings. The number of ether oxygens (including phenoxy) is 1. The lowest BCUT2D eigenvalue weighted by atomic mass is 10.1. The minimum absolute atomic E-state index is 0.0292. The van der Waals surface area contributed by atoms with Crippen LogP contribution in [0.4, 0.5) is 5.82 Å². The molecule has 2 aliphatic heterocycles. The number of fused-ring (bicyclic) bond motifs is 2. The fraction of sp³-hybridized carbons (Fsp3) is 0.469. The molecule has 4 aromatic rings. The molecule has 2 fully saturated rings. The highest BCUT2D eigenvalue weighted by molar-refractivity contribution is 7.19. The summed E-state index contributed by atoms with van der Waals surface area (Å²) in [6.07, 6.45) is 6.81. The van der Waals surface area contributed by atoms with Crippen LogP contribution in [0.1, 0.15) is 38.0 Å². The highest BCUT2D eigenvalue weighted by Crippen LogP contribution is 2.36. The number of hydrogen-bond acceptors (Lipinski definition) is 9. The van der Waals surface area contributed by atoms with Gasteiger partial charge in [-0.2, -0.15) is 5.10 Å². The number of nitrogens with zero attached hydrogens (tertiary/aromatic N) is 6. The number of aromatic nitrogens is 4. The summed E-state index contributed by atoms with van der Waals surface area (Å²) in [7, 11) is 0. The van der Waals surface area contributed by atoms with Crippen molar-refractivity contribution in [2.45, 2.75) is 39.7 Å². The summed E-state index contributed by atoms with van der Waals surface area (Å²) < 4.78 is 6.73. The average molecular weight is 602 g/mol. The van der Waals surface area contributed by atoms with Gasteiger partial charge in [-0.05, 0) is 30.5 Å². The van der Waals surface area contributed by atoms with Crippen LogP contribution in [0.5, 0.6) is 0 Å². The highest BCUT2D eigenvalue weighted by Gasteiger charge is 2.24. The van der Waals surface area contributed by atoms with Crippen LogP contribution in [-0.2, 0) is 20.9 Å². The predicted molar refractivity (Wildman–Crippen MR) is 170 cm³/mol. The van der Waals surface area contributed by atoms with Crippen LogP contribution in [0, 0.1) is 5.92 Å². The van der Waals surface area contributed by atoms with Gasteiger partial charge in [-0.1, -0.05) is 32.1 Å². The molecular formula is C32H39N7O3S. The summed E-state index contributed by atoms with van der Waals surface area (Å²) >= 11 is 1.75. The van der Waals surface area contributed by atoms with E-state index >= 15 is 0 Å². The molecule has 0 atom stereocenters. The number of rotatable bonds is 10. The number of thiophene rings is 1. The number of carbonyl (C=O) groups excluding carboxylic acids is 2. The van der Waals surface area contributed by atoms with Crippen molar-refractivity contribution >= 4 is 50.0 Å². The van der Waals surface area contributed by atoms with Crippen LogP contribution < -0.4 is 4.90 Å².